The number of carbonyl (C=O) groups is 2. The Bertz CT molecular complexity index is 1140. The summed E-state index contributed by atoms with van der Waals surface area (Å²) >= 11 is 2.87. The summed E-state index contributed by atoms with van der Waals surface area (Å²) < 4.78 is 7.94. The number of para-hydroxylation sites is 1. The largest absolute Gasteiger partial charge is 0.451 e. The first-order valence-electron chi connectivity index (χ1n) is 8.97. The van der Waals surface area contributed by atoms with E-state index in [0.717, 1.165) is 20.1 Å². The molecule has 1 amide bonds. The number of thiazole rings is 1. The highest BCUT2D eigenvalue weighted by Crippen LogP contribution is 2.34. The van der Waals surface area contributed by atoms with Crippen molar-refractivity contribution in [3.8, 4) is 9.88 Å². The number of hydrogen-bond acceptors (Lipinski definition) is 7. The molecule has 0 aliphatic carbocycles. The second-order valence-electron chi connectivity index (χ2n) is 6.53. The predicted molar refractivity (Wildman–Crippen MR) is 114 cm³/mol. The summed E-state index contributed by atoms with van der Waals surface area (Å²) in [5.74, 6) is -0.381. The van der Waals surface area contributed by atoms with E-state index in [4.69, 9.17) is 4.74 Å². The fraction of sp³-hybridized carbons (Fsp3) is 0.200. The van der Waals surface area contributed by atoms with E-state index in [0.29, 0.717) is 10.7 Å². The topological polar surface area (TPSA) is 86.1 Å². The summed E-state index contributed by atoms with van der Waals surface area (Å²) in [6.45, 7) is 3.56. The zero-order chi connectivity index (χ0) is 20.4. The minimum Gasteiger partial charge on any atom is -0.451 e. The second kappa shape index (κ2) is 8.14. The maximum atomic E-state index is 12.3. The summed E-state index contributed by atoms with van der Waals surface area (Å²) in [6, 6.07) is 13.2. The quantitative estimate of drug-likeness (QED) is 0.456. The van der Waals surface area contributed by atoms with Crippen LogP contribution in [-0.2, 0) is 9.53 Å². The Kier molecular flexibility index (Phi) is 5.41. The Labute approximate surface area is 175 Å². The Morgan fingerprint density at radius 2 is 1.97 bits per heavy atom. The van der Waals surface area contributed by atoms with Crippen molar-refractivity contribution in [2.24, 2.45) is 0 Å². The van der Waals surface area contributed by atoms with Crippen LogP contribution in [0.1, 0.15) is 29.6 Å². The van der Waals surface area contributed by atoms with Crippen molar-refractivity contribution >= 4 is 50.6 Å². The molecule has 0 fully saturated rings. The number of nitrogens with zero attached hydrogens (tertiary/aromatic N) is 3. The lowest BCUT2D eigenvalue weighted by Crippen LogP contribution is -2.22. The van der Waals surface area contributed by atoms with Gasteiger partial charge in [-0.3, -0.25) is 4.79 Å². The summed E-state index contributed by atoms with van der Waals surface area (Å²) in [5.41, 5.74) is 0.933. The van der Waals surface area contributed by atoms with Crippen LogP contribution in [0.3, 0.4) is 0 Å². The van der Waals surface area contributed by atoms with Crippen molar-refractivity contribution in [1.82, 2.24) is 14.8 Å². The van der Waals surface area contributed by atoms with Gasteiger partial charge in [0.15, 0.2) is 6.61 Å². The molecule has 0 aliphatic rings. The molecular weight excluding hydrogens is 408 g/mol. The van der Waals surface area contributed by atoms with Crippen LogP contribution in [-0.4, -0.2) is 33.2 Å². The number of esters is 1. The average Bonchev–Trinajstić information content (AvgIpc) is 3.43. The van der Waals surface area contributed by atoms with E-state index in [9.17, 15) is 9.59 Å². The number of nitrogens with one attached hydrogen (secondary N) is 1. The van der Waals surface area contributed by atoms with E-state index in [-0.39, 0.29) is 12.6 Å². The van der Waals surface area contributed by atoms with Gasteiger partial charge >= 0.3 is 5.97 Å². The number of rotatable bonds is 6. The third-order valence-electron chi connectivity index (χ3n) is 4.07. The van der Waals surface area contributed by atoms with E-state index in [1.165, 1.54) is 11.3 Å². The average molecular weight is 427 g/mol. The highest BCUT2D eigenvalue weighted by Gasteiger charge is 2.16. The molecule has 3 aromatic heterocycles. The fourth-order valence-electron chi connectivity index (χ4n) is 2.75. The molecule has 0 saturated carbocycles. The van der Waals surface area contributed by atoms with Gasteiger partial charge in [0.1, 0.15) is 15.7 Å². The molecule has 7 nitrogen and oxygen atoms in total. The van der Waals surface area contributed by atoms with Crippen molar-refractivity contribution in [2.75, 3.05) is 11.9 Å². The minimum absolute atomic E-state index is 0.106. The SMILES string of the molecule is CC(C)n1nccc1NC(=O)COC(=O)c1ccc(-c2nc3ccccc3s2)s1. The maximum absolute atomic E-state index is 12.3. The second-order valence-corrected chi connectivity index (χ2v) is 8.64. The van der Waals surface area contributed by atoms with Crippen LogP contribution in [0.2, 0.25) is 0 Å². The van der Waals surface area contributed by atoms with E-state index in [1.807, 2.05) is 44.2 Å². The van der Waals surface area contributed by atoms with Crippen LogP contribution in [0.4, 0.5) is 5.82 Å². The molecule has 1 N–H and O–H groups in total. The lowest BCUT2D eigenvalue weighted by atomic mass is 10.3. The van der Waals surface area contributed by atoms with Crippen molar-refractivity contribution in [1.29, 1.82) is 0 Å². The minimum atomic E-state index is -0.533. The maximum Gasteiger partial charge on any atom is 0.348 e. The molecule has 148 valence electrons. The lowest BCUT2D eigenvalue weighted by Gasteiger charge is -2.11. The monoisotopic (exact) mass is 426 g/mol. The van der Waals surface area contributed by atoms with E-state index in [1.54, 1.807) is 34.3 Å². The summed E-state index contributed by atoms with van der Waals surface area (Å²) in [7, 11) is 0. The standard InChI is InChI=1S/C20H18N4O3S2/c1-12(2)24-17(9-10-21-24)23-18(25)11-27-20(26)16-8-7-15(28-16)19-22-13-5-3-4-6-14(13)29-19/h3-10,12H,11H2,1-2H3,(H,23,25). The number of fused-ring (bicyclic) bond motifs is 1. The number of anilines is 1. The number of thiophene rings is 1. The van der Waals surface area contributed by atoms with Gasteiger partial charge in [-0.25, -0.2) is 14.5 Å². The van der Waals surface area contributed by atoms with Crippen molar-refractivity contribution < 1.29 is 14.3 Å². The number of ether oxygens (including phenoxy) is 1. The first-order chi connectivity index (χ1) is 14.0. The molecule has 4 aromatic rings. The van der Waals surface area contributed by atoms with Crippen LogP contribution in [0, 0.1) is 0 Å². The molecule has 1 aromatic carbocycles. The van der Waals surface area contributed by atoms with E-state index >= 15 is 0 Å². The van der Waals surface area contributed by atoms with Gasteiger partial charge in [-0.15, -0.1) is 22.7 Å². The summed E-state index contributed by atoms with van der Waals surface area (Å²) in [4.78, 5) is 30.4. The number of benzene rings is 1. The smallest absolute Gasteiger partial charge is 0.348 e. The highest BCUT2D eigenvalue weighted by molar-refractivity contribution is 7.26. The van der Waals surface area contributed by atoms with Gasteiger partial charge in [0.25, 0.3) is 5.91 Å². The van der Waals surface area contributed by atoms with Gasteiger partial charge in [-0.05, 0) is 38.1 Å². The lowest BCUT2D eigenvalue weighted by molar-refractivity contribution is -0.119. The number of hydrogen-bond donors (Lipinski definition) is 1. The third-order valence-corrected chi connectivity index (χ3v) is 6.34. The van der Waals surface area contributed by atoms with Gasteiger partial charge in [0, 0.05) is 12.1 Å². The number of amides is 1. The van der Waals surface area contributed by atoms with Crippen molar-refractivity contribution in [2.45, 2.75) is 19.9 Å². The zero-order valence-corrected chi connectivity index (χ0v) is 17.4. The Balaban J connectivity index is 1.38. The molecule has 9 heteroatoms. The van der Waals surface area contributed by atoms with Gasteiger partial charge in [-0.2, -0.15) is 5.10 Å². The summed E-state index contributed by atoms with van der Waals surface area (Å²) in [5, 5.41) is 7.71. The Morgan fingerprint density at radius 3 is 2.76 bits per heavy atom. The fourth-order valence-corrected chi connectivity index (χ4v) is 4.67. The first kappa shape index (κ1) is 19.3. The van der Waals surface area contributed by atoms with Crippen LogP contribution in [0.25, 0.3) is 20.1 Å². The molecule has 3 heterocycles. The molecule has 0 unspecified atom stereocenters. The highest BCUT2D eigenvalue weighted by atomic mass is 32.1. The van der Waals surface area contributed by atoms with Crippen LogP contribution < -0.4 is 5.32 Å². The van der Waals surface area contributed by atoms with Crippen LogP contribution in [0.15, 0.2) is 48.7 Å². The molecule has 0 saturated heterocycles. The molecule has 0 aliphatic heterocycles. The Morgan fingerprint density at radius 1 is 1.14 bits per heavy atom. The van der Waals surface area contributed by atoms with Crippen molar-refractivity contribution in [3.63, 3.8) is 0 Å². The number of aromatic nitrogens is 3. The third kappa shape index (κ3) is 4.20. The van der Waals surface area contributed by atoms with Crippen LogP contribution in [0.5, 0.6) is 0 Å². The molecule has 4 rings (SSSR count). The molecule has 0 bridgehead atoms. The zero-order valence-electron chi connectivity index (χ0n) is 15.8. The van der Waals surface area contributed by atoms with Gasteiger partial charge in [0.2, 0.25) is 0 Å². The normalized spacial score (nSPS) is 11.1. The first-order valence-corrected chi connectivity index (χ1v) is 10.6. The molecule has 29 heavy (non-hydrogen) atoms. The summed E-state index contributed by atoms with van der Waals surface area (Å²) in [6.07, 6.45) is 1.61. The van der Waals surface area contributed by atoms with Crippen molar-refractivity contribution in [3.05, 3.63) is 53.5 Å². The predicted octanol–water partition coefficient (Wildman–Crippen LogP) is 4.60. The number of carbonyl (C=O) groups excluding carboxylic acids is 2. The van der Waals surface area contributed by atoms with E-state index in [2.05, 4.69) is 15.4 Å². The molecule has 0 atom stereocenters. The van der Waals surface area contributed by atoms with Gasteiger partial charge < -0.3 is 10.1 Å². The molecular formula is C20H18N4O3S2. The molecule has 0 spiro atoms. The van der Waals surface area contributed by atoms with Gasteiger partial charge in [-0.1, -0.05) is 12.1 Å². The van der Waals surface area contributed by atoms with E-state index < -0.39 is 11.9 Å². The van der Waals surface area contributed by atoms with Crippen LogP contribution >= 0.6 is 22.7 Å². The molecule has 0 radical (unpaired) electrons. The Hall–Kier alpha value is -3.04. The van der Waals surface area contributed by atoms with Gasteiger partial charge in [0.05, 0.1) is 21.3 Å².